The Morgan fingerprint density at radius 1 is 1.17 bits per heavy atom. The number of hydrogen-bond donors (Lipinski definition) is 0. The third-order valence-corrected chi connectivity index (χ3v) is 1.57. The van der Waals surface area contributed by atoms with Gasteiger partial charge in [-0.25, -0.2) is 9.97 Å². The summed E-state index contributed by atoms with van der Waals surface area (Å²) >= 11 is 3.27. The molecule has 0 fully saturated rings. The summed E-state index contributed by atoms with van der Waals surface area (Å²) in [5.41, 5.74) is 0. The minimum atomic E-state index is 0.410. The van der Waals surface area contributed by atoms with Crippen LogP contribution in [0.15, 0.2) is 16.9 Å². The van der Waals surface area contributed by atoms with Crippen LogP contribution in [0.4, 0.5) is 0 Å². The van der Waals surface area contributed by atoms with Crippen LogP contribution in [0.1, 0.15) is 39.4 Å². The normalized spacial score (nSPS) is 9.17. The molecule has 0 amide bonds. The summed E-state index contributed by atoms with van der Waals surface area (Å²) in [6.45, 7) is 8.15. The monoisotopic (exact) mass is 230 g/mol. The predicted octanol–water partition coefficient (Wildman–Crippen LogP) is 3.39. The van der Waals surface area contributed by atoms with Gasteiger partial charge in [0.15, 0.2) is 0 Å². The van der Waals surface area contributed by atoms with Crippen LogP contribution in [-0.4, -0.2) is 9.97 Å². The van der Waals surface area contributed by atoms with E-state index in [0.29, 0.717) is 5.92 Å². The number of rotatable bonds is 1. The summed E-state index contributed by atoms with van der Waals surface area (Å²) in [5, 5.41) is 0. The Morgan fingerprint density at radius 3 is 1.92 bits per heavy atom. The van der Waals surface area contributed by atoms with Crippen molar-refractivity contribution >= 4 is 15.9 Å². The van der Waals surface area contributed by atoms with Crippen LogP contribution in [0.5, 0.6) is 0 Å². The highest BCUT2D eigenvalue weighted by molar-refractivity contribution is 9.10. The molecule has 12 heavy (non-hydrogen) atoms. The number of aromatic nitrogens is 2. The average molecular weight is 231 g/mol. The Labute approximate surface area is 82.6 Å². The molecule has 0 unspecified atom stereocenters. The zero-order chi connectivity index (χ0) is 9.56. The third kappa shape index (κ3) is 3.81. The zero-order valence-corrected chi connectivity index (χ0v) is 9.59. The molecule has 0 atom stereocenters. The standard InChI is InChI=1S/C7H9BrN2.C2H6/c1-5(2)7-9-3-6(8)4-10-7;1-2/h3-5H,1-2H3;1-2H3. The van der Waals surface area contributed by atoms with E-state index in [0.717, 1.165) is 10.3 Å². The Bertz CT molecular complexity index is 206. The van der Waals surface area contributed by atoms with E-state index >= 15 is 0 Å². The largest absolute Gasteiger partial charge is 0.240 e. The van der Waals surface area contributed by atoms with E-state index in [4.69, 9.17) is 0 Å². The van der Waals surface area contributed by atoms with Crippen LogP contribution in [0.2, 0.25) is 0 Å². The van der Waals surface area contributed by atoms with Gasteiger partial charge in [0, 0.05) is 18.3 Å². The van der Waals surface area contributed by atoms with Crippen molar-refractivity contribution in [2.75, 3.05) is 0 Å². The molecule has 0 aromatic carbocycles. The lowest BCUT2D eigenvalue weighted by Gasteiger charge is -2.00. The lowest BCUT2D eigenvalue weighted by Crippen LogP contribution is -1.94. The van der Waals surface area contributed by atoms with Gasteiger partial charge in [0.2, 0.25) is 0 Å². The highest BCUT2D eigenvalue weighted by atomic mass is 79.9. The summed E-state index contributed by atoms with van der Waals surface area (Å²) in [7, 11) is 0. The predicted molar refractivity (Wildman–Crippen MR) is 55.2 cm³/mol. The van der Waals surface area contributed by atoms with Gasteiger partial charge in [-0.2, -0.15) is 0 Å². The van der Waals surface area contributed by atoms with Crippen LogP contribution in [0.25, 0.3) is 0 Å². The molecule has 0 aliphatic heterocycles. The molecule has 0 saturated heterocycles. The van der Waals surface area contributed by atoms with Gasteiger partial charge in [0.25, 0.3) is 0 Å². The van der Waals surface area contributed by atoms with E-state index in [1.54, 1.807) is 12.4 Å². The highest BCUT2D eigenvalue weighted by Crippen LogP contribution is 2.10. The molecule has 2 nitrogen and oxygen atoms in total. The second-order valence-electron chi connectivity index (χ2n) is 2.41. The Morgan fingerprint density at radius 2 is 1.58 bits per heavy atom. The van der Waals surface area contributed by atoms with E-state index in [1.165, 1.54) is 0 Å². The maximum Gasteiger partial charge on any atom is 0.130 e. The molecule has 0 radical (unpaired) electrons. The molecule has 1 aromatic rings. The minimum Gasteiger partial charge on any atom is -0.240 e. The number of nitrogens with zero attached hydrogens (tertiary/aromatic N) is 2. The second-order valence-corrected chi connectivity index (χ2v) is 3.33. The molecule has 0 aliphatic carbocycles. The third-order valence-electron chi connectivity index (χ3n) is 1.16. The number of hydrogen-bond acceptors (Lipinski definition) is 2. The molecule has 0 spiro atoms. The van der Waals surface area contributed by atoms with Crippen molar-refractivity contribution in [3.63, 3.8) is 0 Å². The molecule has 0 aliphatic rings. The summed E-state index contributed by atoms with van der Waals surface area (Å²) in [5.74, 6) is 1.30. The molecule has 0 bridgehead atoms. The SMILES string of the molecule is CC.CC(C)c1ncc(Br)cn1. The van der Waals surface area contributed by atoms with Gasteiger partial charge in [-0.1, -0.05) is 27.7 Å². The van der Waals surface area contributed by atoms with Gasteiger partial charge in [-0.05, 0) is 15.9 Å². The van der Waals surface area contributed by atoms with Gasteiger partial charge in [-0.15, -0.1) is 0 Å². The summed E-state index contributed by atoms with van der Waals surface area (Å²) in [4.78, 5) is 8.24. The smallest absolute Gasteiger partial charge is 0.130 e. The number of halogens is 1. The topological polar surface area (TPSA) is 25.8 Å². The van der Waals surface area contributed by atoms with Crippen LogP contribution in [0.3, 0.4) is 0 Å². The van der Waals surface area contributed by atoms with Crippen LogP contribution in [-0.2, 0) is 0 Å². The Hall–Kier alpha value is -0.440. The minimum absolute atomic E-state index is 0.410. The lowest BCUT2D eigenvalue weighted by molar-refractivity contribution is 0.772. The summed E-state index contributed by atoms with van der Waals surface area (Å²) in [6.07, 6.45) is 3.53. The van der Waals surface area contributed by atoms with Crippen molar-refractivity contribution < 1.29 is 0 Å². The molecule has 1 rings (SSSR count). The van der Waals surface area contributed by atoms with Crippen LogP contribution in [0, 0.1) is 0 Å². The molecular formula is C9H15BrN2. The highest BCUT2D eigenvalue weighted by Gasteiger charge is 1.99. The van der Waals surface area contributed by atoms with E-state index in [2.05, 4.69) is 39.7 Å². The first-order valence-corrected chi connectivity index (χ1v) is 4.97. The fraction of sp³-hybridized carbons (Fsp3) is 0.556. The molecule has 68 valence electrons. The van der Waals surface area contributed by atoms with Gasteiger partial charge in [0.05, 0.1) is 4.47 Å². The second kappa shape index (κ2) is 6.12. The first kappa shape index (κ1) is 11.6. The first-order chi connectivity index (χ1) is 5.70. The summed E-state index contributed by atoms with van der Waals surface area (Å²) < 4.78 is 0.928. The zero-order valence-electron chi connectivity index (χ0n) is 8.00. The fourth-order valence-corrected chi connectivity index (χ4v) is 0.825. The Balaban J connectivity index is 0.000000561. The van der Waals surface area contributed by atoms with E-state index in [1.807, 2.05) is 13.8 Å². The molecule has 3 heteroatoms. The molecular weight excluding hydrogens is 216 g/mol. The molecule has 1 aromatic heterocycles. The van der Waals surface area contributed by atoms with Crippen LogP contribution < -0.4 is 0 Å². The first-order valence-electron chi connectivity index (χ1n) is 4.17. The maximum atomic E-state index is 4.12. The average Bonchev–Trinajstić information content (AvgIpc) is 2.09. The van der Waals surface area contributed by atoms with E-state index < -0.39 is 0 Å². The van der Waals surface area contributed by atoms with Gasteiger partial charge < -0.3 is 0 Å². The molecule has 1 heterocycles. The van der Waals surface area contributed by atoms with Crippen molar-refractivity contribution in [3.8, 4) is 0 Å². The summed E-state index contributed by atoms with van der Waals surface area (Å²) in [6, 6.07) is 0. The quantitative estimate of drug-likeness (QED) is 0.740. The maximum absolute atomic E-state index is 4.12. The van der Waals surface area contributed by atoms with Crippen molar-refractivity contribution in [2.24, 2.45) is 0 Å². The van der Waals surface area contributed by atoms with Gasteiger partial charge in [0.1, 0.15) is 5.82 Å². The van der Waals surface area contributed by atoms with Gasteiger partial charge in [-0.3, -0.25) is 0 Å². The van der Waals surface area contributed by atoms with E-state index in [-0.39, 0.29) is 0 Å². The van der Waals surface area contributed by atoms with Crippen molar-refractivity contribution in [1.29, 1.82) is 0 Å². The molecule has 0 N–H and O–H groups in total. The van der Waals surface area contributed by atoms with Crippen LogP contribution >= 0.6 is 15.9 Å². The van der Waals surface area contributed by atoms with Crippen molar-refractivity contribution in [3.05, 3.63) is 22.7 Å². The molecule has 0 saturated carbocycles. The van der Waals surface area contributed by atoms with Crippen molar-refractivity contribution in [2.45, 2.75) is 33.6 Å². The fourth-order valence-electron chi connectivity index (χ4n) is 0.620. The van der Waals surface area contributed by atoms with Gasteiger partial charge >= 0.3 is 0 Å². The van der Waals surface area contributed by atoms with E-state index in [9.17, 15) is 0 Å². The lowest BCUT2D eigenvalue weighted by atomic mass is 10.2. The van der Waals surface area contributed by atoms with Crippen molar-refractivity contribution in [1.82, 2.24) is 9.97 Å². The Kier molecular flexibility index (Phi) is 5.89.